The van der Waals surface area contributed by atoms with Crippen LogP contribution in [0.25, 0.3) is 0 Å². The number of carboxylic acid groups (broad SMARTS) is 1. The average molecular weight is 200 g/mol. The second kappa shape index (κ2) is 3.91. The van der Waals surface area contributed by atoms with Gasteiger partial charge in [-0.15, -0.1) is 0 Å². The third kappa shape index (κ3) is 2.39. The average Bonchev–Trinajstić information content (AvgIpc) is 2.86. The van der Waals surface area contributed by atoms with E-state index >= 15 is 0 Å². The van der Waals surface area contributed by atoms with Gasteiger partial charge in [0.25, 0.3) is 0 Å². The summed E-state index contributed by atoms with van der Waals surface area (Å²) in [7, 11) is 0. The molecule has 0 radical (unpaired) electrons. The molecule has 0 aromatic heterocycles. The molecule has 0 heterocycles. The lowest BCUT2D eigenvalue weighted by Crippen LogP contribution is -2.10. The number of thioether (sulfide) groups is 1. The highest BCUT2D eigenvalue weighted by atomic mass is 32.2. The molecule has 2 unspecified atom stereocenters. The van der Waals surface area contributed by atoms with Crippen molar-refractivity contribution in [3.8, 4) is 0 Å². The van der Waals surface area contributed by atoms with Crippen molar-refractivity contribution in [3.05, 3.63) is 0 Å². The van der Waals surface area contributed by atoms with E-state index in [0.29, 0.717) is 5.25 Å². The summed E-state index contributed by atoms with van der Waals surface area (Å²) in [6.45, 7) is 0. The summed E-state index contributed by atoms with van der Waals surface area (Å²) in [5, 5.41) is 9.95. The molecule has 2 rings (SSSR count). The number of carbonyl (C=O) groups is 1. The molecule has 74 valence electrons. The lowest BCUT2D eigenvalue weighted by Gasteiger charge is -2.20. The van der Waals surface area contributed by atoms with Gasteiger partial charge in [-0.1, -0.05) is 19.3 Å². The predicted molar refractivity (Wildman–Crippen MR) is 54.0 cm³/mol. The summed E-state index contributed by atoms with van der Waals surface area (Å²) in [6.07, 6.45) is 7.62. The van der Waals surface area contributed by atoms with Gasteiger partial charge in [-0.25, -0.2) is 0 Å². The van der Waals surface area contributed by atoms with E-state index < -0.39 is 5.97 Å². The van der Waals surface area contributed by atoms with Gasteiger partial charge in [-0.3, -0.25) is 4.79 Å². The van der Waals surface area contributed by atoms with Gasteiger partial charge in [-0.2, -0.15) is 11.8 Å². The standard InChI is InChI=1S/C10H16O2S/c11-10(12)8-6-9(8)13-7-4-2-1-3-5-7/h7-9H,1-6H2,(H,11,12). The van der Waals surface area contributed by atoms with Gasteiger partial charge >= 0.3 is 5.97 Å². The molecule has 2 saturated carbocycles. The highest BCUT2D eigenvalue weighted by molar-refractivity contribution is 8.00. The Kier molecular flexibility index (Phi) is 2.82. The van der Waals surface area contributed by atoms with Crippen molar-refractivity contribution in [1.82, 2.24) is 0 Å². The van der Waals surface area contributed by atoms with Crippen LogP contribution in [0.4, 0.5) is 0 Å². The van der Waals surface area contributed by atoms with E-state index in [1.165, 1.54) is 32.1 Å². The quantitative estimate of drug-likeness (QED) is 0.760. The molecular formula is C10H16O2S. The van der Waals surface area contributed by atoms with E-state index in [0.717, 1.165) is 11.7 Å². The van der Waals surface area contributed by atoms with Crippen molar-refractivity contribution >= 4 is 17.7 Å². The first-order chi connectivity index (χ1) is 6.27. The number of rotatable bonds is 3. The molecule has 1 N–H and O–H groups in total. The van der Waals surface area contributed by atoms with Crippen LogP contribution in [0.15, 0.2) is 0 Å². The lowest BCUT2D eigenvalue weighted by molar-refractivity contribution is -0.138. The second-order valence-electron chi connectivity index (χ2n) is 4.11. The van der Waals surface area contributed by atoms with Gasteiger partial charge in [0.05, 0.1) is 5.92 Å². The van der Waals surface area contributed by atoms with Crippen LogP contribution in [0, 0.1) is 5.92 Å². The van der Waals surface area contributed by atoms with Crippen LogP contribution in [0.3, 0.4) is 0 Å². The van der Waals surface area contributed by atoms with Crippen LogP contribution in [0.2, 0.25) is 0 Å². The van der Waals surface area contributed by atoms with Gasteiger partial charge in [0, 0.05) is 10.5 Å². The van der Waals surface area contributed by atoms with E-state index in [9.17, 15) is 4.79 Å². The zero-order chi connectivity index (χ0) is 9.26. The van der Waals surface area contributed by atoms with Crippen molar-refractivity contribution in [1.29, 1.82) is 0 Å². The predicted octanol–water partition coefficient (Wildman–Crippen LogP) is 2.53. The summed E-state index contributed by atoms with van der Waals surface area (Å²) >= 11 is 1.94. The summed E-state index contributed by atoms with van der Waals surface area (Å²) in [5.41, 5.74) is 0. The zero-order valence-electron chi connectivity index (χ0n) is 7.74. The molecular weight excluding hydrogens is 184 g/mol. The first kappa shape index (κ1) is 9.38. The van der Waals surface area contributed by atoms with Crippen molar-refractivity contribution in [2.24, 2.45) is 5.92 Å². The van der Waals surface area contributed by atoms with E-state index in [4.69, 9.17) is 5.11 Å². The Labute approximate surface area is 83.1 Å². The van der Waals surface area contributed by atoms with Crippen molar-refractivity contribution in [3.63, 3.8) is 0 Å². The lowest BCUT2D eigenvalue weighted by atomic mass is 10.0. The molecule has 0 aromatic carbocycles. The molecule has 0 amide bonds. The molecule has 3 heteroatoms. The van der Waals surface area contributed by atoms with E-state index in [2.05, 4.69) is 0 Å². The molecule has 0 saturated heterocycles. The van der Waals surface area contributed by atoms with Crippen LogP contribution in [0.1, 0.15) is 38.5 Å². The molecule has 2 fully saturated rings. The zero-order valence-corrected chi connectivity index (χ0v) is 8.55. The maximum Gasteiger partial charge on any atom is 0.307 e. The number of aliphatic carboxylic acids is 1. The van der Waals surface area contributed by atoms with Crippen LogP contribution in [0.5, 0.6) is 0 Å². The molecule has 0 spiro atoms. The van der Waals surface area contributed by atoms with Gasteiger partial charge in [-0.05, 0) is 19.3 Å². The SMILES string of the molecule is O=C(O)C1CC1SC1CCCCC1. The number of hydrogen-bond donors (Lipinski definition) is 1. The Morgan fingerprint density at radius 2 is 1.92 bits per heavy atom. The Bertz CT molecular complexity index is 199. The smallest absolute Gasteiger partial charge is 0.307 e. The Hall–Kier alpha value is -0.180. The minimum atomic E-state index is -0.590. The number of hydrogen-bond acceptors (Lipinski definition) is 2. The Balaban J connectivity index is 1.70. The summed E-state index contributed by atoms with van der Waals surface area (Å²) in [6, 6.07) is 0. The van der Waals surface area contributed by atoms with Crippen molar-refractivity contribution in [2.75, 3.05) is 0 Å². The summed E-state index contributed by atoms with van der Waals surface area (Å²) in [5.74, 6) is -0.611. The monoisotopic (exact) mass is 200 g/mol. The van der Waals surface area contributed by atoms with Gasteiger partial charge < -0.3 is 5.11 Å². The molecule has 2 atom stereocenters. The normalized spacial score (nSPS) is 34.5. The van der Waals surface area contributed by atoms with E-state index in [1.54, 1.807) is 0 Å². The second-order valence-corrected chi connectivity index (χ2v) is 5.66. The number of carboxylic acids is 1. The first-order valence-electron chi connectivity index (χ1n) is 5.15. The van der Waals surface area contributed by atoms with Gasteiger partial charge in [0.1, 0.15) is 0 Å². The van der Waals surface area contributed by atoms with E-state index in [-0.39, 0.29) is 5.92 Å². The van der Waals surface area contributed by atoms with Crippen LogP contribution >= 0.6 is 11.8 Å². The first-order valence-corrected chi connectivity index (χ1v) is 6.10. The molecule has 13 heavy (non-hydrogen) atoms. The fraction of sp³-hybridized carbons (Fsp3) is 0.900. The van der Waals surface area contributed by atoms with Gasteiger partial charge in [0.15, 0.2) is 0 Å². The maximum atomic E-state index is 10.6. The largest absolute Gasteiger partial charge is 0.481 e. The molecule has 0 aromatic rings. The minimum absolute atomic E-state index is 0.0214. The highest BCUT2D eigenvalue weighted by Crippen LogP contribution is 2.46. The molecule has 2 aliphatic carbocycles. The fourth-order valence-corrected chi connectivity index (χ4v) is 3.75. The van der Waals surface area contributed by atoms with Crippen LogP contribution < -0.4 is 0 Å². The summed E-state index contributed by atoms with van der Waals surface area (Å²) < 4.78 is 0. The minimum Gasteiger partial charge on any atom is -0.481 e. The Morgan fingerprint density at radius 1 is 1.23 bits per heavy atom. The Morgan fingerprint density at radius 3 is 2.46 bits per heavy atom. The summed E-state index contributed by atoms with van der Waals surface area (Å²) in [4.78, 5) is 10.6. The maximum absolute atomic E-state index is 10.6. The fourth-order valence-electron chi connectivity index (χ4n) is 2.03. The highest BCUT2D eigenvalue weighted by Gasteiger charge is 2.44. The molecule has 0 bridgehead atoms. The topological polar surface area (TPSA) is 37.3 Å². The van der Waals surface area contributed by atoms with Crippen LogP contribution in [-0.4, -0.2) is 21.6 Å². The molecule has 2 nitrogen and oxygen atoms in total. The molecule has 0 aliphatic heterocycles. The van der Waals surface area contributed by atoms with Crippen molar-refractivity contribution in [2.45, 2.75) is 49.0 Å². The third-order valence-corrected chi connectivity index (χ3v) is 4.70. The van der Waals surface area contributed by atoms with Gasteiger partial charge in [0.2, 0.25) is 0 Å². The van der Waals surface area contributed by atoms with Crippen molar-refractivity contribution < 1.29 is 9.90 Å². The molecule has 2 aliphatic rings. The van der Waals surface area contributed by atoms with Crippen LogP contribution in [-0.2, 0) is 4.79 Å². The third-order valence-electron chi connectivity index (χ3n) is 2.97. The van der Waals surface area contributed by atoms with E-state index in [1.807, 2.05) is 11.8 Å².